The van der Waals surface area contributed by atoms with Crippen molar-refractivity contribution in [2.75, 3.05) is 20.7 Å². The molecule has 0 N–H and O–H groups in total. The molecule has 2 atom stereocenters. The van der Waals surface area contributed by atoms with Crippen molar-refractivity contribution >= 4 is 5.91 Å². The third-order valence-electron chi connectivity index (χ3n) is 6.16. The summed E-state index contributed by atoms with van der Waals surface area (Å²) in [6, 6.07) is 16.8. The molecule has 1 amide bonds. The topological polar surface area (TPSA) is 32.8 Å². The fraction of sp³-hybridized carbons (Fsp3) is 0.500. The van der Waals surface area contributed by atoms with Crippen molar-refractivity contribution in [2.45, 2.75) is 58.7 Å². The number of carbonyl (C=O) groups excluding carboxylic acids is 1. The van der Waals surface area contributed by atoms with E-state index >= 15 is 0 Å². The first kappa shape index (κ1) is 22.4. The molecule has 2 aromatic carbocycles. The highest BCUT2D eigenvalue weighted by atomic mass is 16.5. The van der Waals surface area contributed by atoms with Crippen LogP contribution in [0.4, 0.5) is 0 Å². The SMILES string of the molecule is COc1ccc(CCN2C(=O)[C@H](C(C)C)N(C)[C@H]2c2ccc(C(C)(C)C)cc2)cc1. The lowest BCUT2D eigenvalue weighted by Crippen LogP contribution is -2.36. The lowest BCUT2D eigenvalue weighted by Gasteiger charge is -2.30. The second-order valence-electron chi connectivity index (χ2n) is 9.73. The van der Waals surface area contributed by atoms with Crippen LogP contribution in [0.1, 0.15) is 57.5 Å². The van der Waals surface area contributed by atoms with Crippen LogP contribution >= 0.6 is 0 Å². The van der Waals surface area contributed by atoms with Gasteiger partial charge in [-0.15, -0.1) is 0 Å². The second-order valence-corrected chi connectivity index (χ2v) is 9.73. The van der Waals surface area contributed by atoms with Crippen LogP contribution in [0.5, 0.6) is 5.75 Å². The molecule has 1 aliphatic rings. The molecule has 3 rings (SSSR count). The summed E-state index contributed by atoms with van der Waals surface area (Å²) >= 11 is 0. The molecule has 162 valence electrons. The van der Waals surface area contributed by atoms with Crippen LogP contribution in [0.2, 0.25) is 0 Å². The quantitative estimate of drug-likeness (QED) is 0.672. The zero-order valence-electron chi connectivity index (χ0n) is 19.5. The molecule has 0 aromatic heterocycles. The molecule has 30 heavy (non-hydrogen) atoms. The van der Waals surface area contributed by atoms with E-state index in [0.717, 1.165) is 12.2 Å². The Morgan fingerprint density at radius 3 is 2.10 bits per heavy atom. The standard InChI is InChI=1S/C26H36N2O2/c1-18(2)23-25(29)28(17-16-19-8-14-22(30-7)15-9-19)24(27(23)6)20-10-12-21(13-11-20)26(3,4)5/h8-15,18,23-24H,16-17H2,1-7H3/t23-,24+/m0/s1. The average Bonchev–Trinajstić information content (AvgIpc) is 2.95. The van der Waals surface area contributed by atoms with Crippen LogP contribution in [0.15, 0.2) is 48.5 Å². The van der Waals surface area contributed by atoms with E-state index < -0.39 is 0 Å². The van der Waals surface area contributed by atoms with Crippen molar-refractivity contribution in [3.8, 4) is 5.75 Å². The summed E-state index contributed by atoms with van der Waals surface area (Å²) in [4.78, 5) is 17.7. The van der Waals surface area contributed by atoms with Crippen molar-refractivity contribution < 1.29 is 9.53 Å². The molecule has 1 heterocycles. The Hall–Kier alpha value is -2.33. The Bertz CT molecular complexity index is 850. The van der Waals surface area contributed by atoms with Gasteiger partial charge in [0.05, 0.1) is 13.2 Å². The molecular formula is C26H36N2O2. The lowest BCUT2D eigenvalue weighted by molar-refractivity contribution is -0.130. The van der Waals surface area contributed by atoms with Gasteiger partial charge in [0.25, 0.3) is 0 Å². The monoisotopic (exact) mass is 408 g/mol. The maximum Gasteiger partial charge on any atom is 0.241 e. The third-order valence-corrected chi connectivity index (χ3v) is 6.16. The molecule has 2 aromatic rings. The Morgan fingerprint density at radius 2 is 1.60 bits per heavy atom. The zero-order chi connectivity index (χ0) is 22.1. The van der Waals surface area contributed by atoms with Crippen LogP contribution in [0, 0.1) is 5.92 Å². The minimum absolute atomic E-state index is 0.0304. The van der Waals surface area contributed by atoms with Crippen LogP contribution in [0.25, 0.3) is 0 Å². The number of hydrogen-bond donors (Lipinski definition) is 0. The number of amides is 1. The number of hydrogen-bond acceptors (Lipinski definition) is 3. The second kappa shape index (κ2) is 8.81. The number of benzene rings is 2. The van der Waals surface area contributed by atoms with Crippen molar-refractivity contribution in [3.05, 3.63) is 65.2 Å². The summed E-state index contributed by atoms with van der Waals surface area (Å²) in [6.07, 6.45) is 0.794. The molecule has 0 bridgehead atoms. The van der Waals surface area contributed by atoms with Gasteiger partial charge in [0.1, 0.15) is 11.9 Å². The number of methoxy groups -OCH3 is 1. The molecule has 0 radical (unpaired) electrons. The molecule has 0 aliphatic carbocycles. The van der Waals surface area contributed by atoms with Crippen molar-refractivity contribution in [3.63, 3.8) is 0 Å². The predicted molar refractivity (Wildman–Crippen MR) is 123 cm³/mol. The van der Waals surface area contributed by atoms with Crippen molar-refractivity contribution in [1.29, 1.82) is 0 Å². The van der Waals surface area contributed by atoms with E-state index in [4.69, 9.17) is 4.74 Å². The largest absolute Gasteiger partial charge is 0.497 e. The zero-order valence-corrected chi connectivity index (χ0v) is 19.5. The summed E-state index contributed by atoms with van der Waals surface area (Å²) in [5, 5.41) is 0. The third kappa shape index (κ3) is 4.54. The summed E-state index contributed by atoms with van der Waals surface area (Å²) in [6.45, 7) is 11.6. The average molecular weight is 409 g/mol. The fourth-order valence-corrected chi connectivity index (χ4v) is 4.44. The Balaban J connectivity index is 1.86. The summed E-state index contributed by atoms with van der Waals surface area (Å²) in [7, 11) is 3.76. The van der Waals surface area contributed by atoms with Gasteiger partial charge in [0.2, 0.25) is 5.91 Å². The minimum Gasteiger partial charge on any atom is -0.497 e. The van der Waals surface area contributed by atoms with Gasteiger partial charge in [0, 0.05) is 6.54 Å². The fourth-order valence-electron chi connectivity index (χ4n) is 4.44. The Kier molecular flexibility index (Phi) is 6.56. The smallest absolute Gasteiger partial charge is 0.241 e. The molecule has 1 saturated heterocycles. The van der Waals surface area contributed by atoms with Crippen LogP contribution < -0.4 is 4.74 Å². The highest BCUT2D eigenvalue weighted by molar-refractivity contribution is 5.84. The first-order chi connectivity index (χ1) is 14.1. The maximum atomic E-state index is 13.4. The van der Waals surface area contributed by atoms with Crippen LogP contribution in [-0.2, 0) is 16.6 Å². The van der Waals surface area contributed by atoms with E-state index in [1.807, 2.05) is 12.1 Å². The highest BCUT2D eigenvalue weighted by Gasteiger charge is 2.45. The van der Waals surface area contributed by atoms with Crippen molar-refractivity contribution in [2.24, 2.45) is 5.92 Å². The molecule has 1 fully saturated rings. The summed E-state index contributed by atoms with van der Waals surface area (Å²) in [5.41, 5.74) is 3.81. The number of rotatable bonds is 6. The van der Waals surface area contributed by atoms with E-state index in [2.05, 4.69) is 87.9 Å². The van der Waals surface area contributed by atoms with Gasteiger partial charge in [-0.2, -0.15) is 0 Å². The first-order valence-electron chi connectivity index (χ1n) is 10.9. The van der Waals surface area contributed by atoms with Gasteiger partial charge in [-0.1, -0.05) is 71.0 Å². The van der Waals surface area contributed by atoms with E-state index in [1.54, 1.807) is 7.11 Å². The number of carbonyl (C=O) groups is 1. The van der Waals surface area contributed by atoms with Gasteiger partial charge >= 0.3 is 0 Å². The molecule has 0 unspecified atom stereocenters. The van der Waals surface area contributed by atoms with Gasteiger partial charge in [-0.25, -0.2) is 0 Å². The number of ether oxygens (including phenoxy) is 1. The summed E-state index contributed by atoms with van der Waals surface area (Å²) in [5.74, 6) is 1.35. The molecule has 0 spiro atoms. The Labute approximate surface area is 181 Å². The van der Waals surface area contributed by atoms with Crippen molar-refractivity contribution in [1.82, 2.24) is 9.80 Å². The maximum absolute atomic E-state index is 13.4. The van der Waals surface area contributed by atoms with Crippen LogP contribution in [-0.4, -0.2) is 42.5 Å². The van der Waals surface area contributed by atoms with Gasteiger partial charge in [0.15, 0.2) is 0 Å². The van der Waals surface area contributed by atoms with E-state index in [0.29, 0.717) is 6.54 Å². The van der Waals surface area contributed by atoms with Gasteiger partial charge in [-0.3, -0.25) is 9.69 Å². The molecule has 1 aliphatic heterocycles. The highest BCUT2D eigenvalue weighted by Crippen LogP contribution is 2.36. The normalized spacial score (nSPS) is 20.3. The molecule has 0 saturated carbocycles. The van der Waals surface area contributed by atoms with E-state index in [-0.39, 0.29) is 29.4 Å². The molecular weight excluding hydrogens is 372 g/mol. The molecule has 4 heteroatoms. The van der Waals surface area contributed by atoms with Gasteiger partial charge in [-0.05, 0) is 53.6 Å². The predicted octanol–water partition coefficient (Wildman–Crippen LogP) is 5.03. The minimum atomic E-state index is -0.0897. The van der Waals surface area contributed by atoms with E-state index in [9.17, 15) is 4.79 Å². The lowest BCUT2D eigenvalue weighted by atomic mass is 9.86. The first-order valence-corrected chi connectivity index (χ1v) is 10.9. The van der Waals surface area contributed by atoms with E-state index in [1.165, 1.54) is 16.7 Å². The van der Waals surface area contributed by atoms with Gasteiger partial charge < -0.3 is 9.64 Å². The summed E-state index contributed by atoms with van der Waals surface area (Å²) < 4.78 is 5.26. The molecule has 4 nitrogen and oxygen atoms in total. The number of nitrogens with zero attached hydrogens (tertiary/aromatic N) is 2. The number of likely N-dealkylation sites (N-methyl/N-ethyl adjacent to an activating group) is 1. The Morgan fingerprint density at radius 1 is 1.00 bits per heavy atom. The van der Waals surface area contributed by atoms with Crippen LogP contribution in [0.3, 0.4) is 0 Å².